The first kappa shape index (κ1) is 48.5. The Balaban J connectivity index is 1.05. The van der Waals surface area contributed by atoms with E-state index in [9.17, 15) is 18.4 Å². The molecule has 4 heterocycles. The lowest BCUT2D eigenvalue weighted by Crippen LogP contribution is -2.07. The monoisotopic (exact) mass is 1050 g/mol. The largest absolute Gasteiger partial charge is 0.416 e. The van der Waals surface area contributed by atoms with Crippen molar-refractivity contribution < 1.29 is 13.2 Å². The molecule has 0 unspecified atom stereocenters. The van der Waals surface area contributed by atoms with Gasteiger partial charge in [0.15, 0.2) is 34.9 Å². The molecule has 0 atom stereocenters. The molecule has 0 radical (unpaired) electrons. The molecule has 0 saturated heterocycles. The van der Waals surface area contributed by atoms with Crippen molar-refractivity contribution in [2.45, 2.75) is 13.1 Å². The highest BCUT2D eigenvalue weighted by Gasteiger charge is 2.32. The van der Waals surface area contributed by atoms with Gasteiger partial charge in [0.1, 0.15) is 11.6 Å². The SMILES string of the molecule is Cc1cc(-c2cc(-n3c4ccccc4c4ccc(-c5nc(-c6ccccc6)nc(-c6ccccc6)n5)cc43)c(C#N)c(-n3c4ccccc4c4ccc(-c5nc(-c6ccccc6)nc(-c6ccccc6)n5)cc43)c2)cc(C(F)(F)F)c1. The van der Waals surface area contributed by atoms with Gasteiger partial charge in [-0.3, -0.25) is 0 Å². The third-order valence-electron chi connectivity index (χ3n) is 14.7. The van der Waals surface area contributed by atoms with Gasteiger partial charge < -0.3 is 9.13 Å². The number of aromatic nitrogens is 8. The molecule has 14 aromatic rings. The molecule has 384 valence electrons. The smallest absolute Gasteiger partial charge is 0.308 e. The first-order valence-electron chi connectivity index (χ1n) is 26.2. The van der Waals surface area contributed by atoms with E-state index in [0.717, 1.165) is 71.9 Å². The van der Waals surface area contributed by atoms with E-state index in [1.807, 2.05) is 228 Å². The Kier molecular flexibility index (Phi) is 11.7. The van der Waals surface area contributed by atoms with E-state index in [4.69, 9.17) is 29.9 Å². The van der Waals surface area contributed by atoms with Crippen molar-refractivity contribution in [3.63, 3.8) is 0 Å². The first-order valence-corrected chi connectivity index (χ1v) is 26.2. The van der Waals surface area contributed by atoms with Gasteiger partial charge >= 0.3 is 6.18 Å². The Morgan fingerprint density at radius 2 is 0.667 bits per heavy atom. The summed E-state index contributed by atoms with van der Waals surface area (Å²) in [5.41, 5.74) is 9.27. The number of hydrogen-bond donors (Lipinski definition) is 0. The average molecular weight is 1050 g/mol. The second kappa shape index (κ2) is 19.5. The van der Waals surface area contributed by atoms with Crippen LogP contribution in [0.4, 0.5) is 13.2 Å². The Morgan fingerprint density at radius 1 is 0.333 bits per heavy atom. The number of para-hydroxylation sites is 2. The quantitative estimate of drug-likeness (QED) is 0.142. The Morgan fingerprint density at radius 3 is 1.04 bits per heavy atom. The molecule has 0 spiro atoms. The third-order valence-corrected chi connectivity index (χ3v) is 14.7. The number of halogens is 3. The highest BCUT2D eigenvalue weighted by atomic mass is 19.4. The zero-order chi connectivity index (χ0) is 54.8. The van der Waals surface area contributed by atoms with Crippen molar-refractivity contribution in [2.24, 2.45) is 0 Å². The van der Waals surface area contributed by atoms with Crippen LogP contribution in [0, 0.1) is 18.3 Å². The number of alkyl halides is 3. The summed E-state index contributed by atoms with van der Waals surface area (Å²) >= 11 is 0. The Labute approximate surface area is 462 Å². The second-order valence-corrected chi connectivity index (χ2v) is 19.8. The minimum Gasteiger partial charge on any atom is -0.308 e. The van der Waals surface area contributed by atoms with Crippen LogP contribution in [0.3, 0.4) is 0 Å². The standard InChI is InChI=1S/C69H42F3N9/c1-42-34-49(36-51(35-42)69(70,71)72)50-39-61(80-57-28-16-14-26-52(57)54-32-30-47(37-59(54)80)67-76-63(43-18-6-2-7-19-43)74-64(77-67)44-20-8-3-9-21-44)56(41-73)62(40-50)81-58-29-17-15-27-53(58)55-33-31-48(38-60(55)81)68-78-65(45-22-10-4-11-23-45)75-66(79-68)46-24-12-5-13-25-46/h2-40H,1H3. The number of benzene rings is 10. The second-order valence-electron chi connectivity index (χ2n) is 19.8. The normalized spacial score (nSPS) is 11.7. The Hall–Kier alpha value is -10.9. The van der Waals surface area contributed by atoms with Crippen molar-refractivity contribution >= 4 is 43.6 Å². The van der Waals surface area contributed by atoms with Crippen LogP contribution in [0.15, 0.2) is 237 Å². The molecule has 12 heteroatoms. The molecular weight excluding hydrogens is 1010 g/mol. The summed E-state index contributed by atoms with van der Waals surface area (Å²) < 4.78 is 48.6. The van der Waals surface area contributed by atoms with Crippen LogP contribution in [0.2, 0.25) is 0 Å². The predicted molar refractivity (Wildman–Crippen MR) is 314 cm³/mol. The summed E-state index contributed by atoms with van der Waals surface area (Å²) in [5, 5.41) is 15.4. The van der Waals surface area contributed by atoms with Crippen LogP contribution in [0.25, 0.3) is 134 Å². The lowest BCUT2D eigenvalue weighted by molar-refractivity contribution is -0.137. The minimum atomic E-state index is -4.63. The van der Waals surface area contributed by atoms with Gasteiger partial charge in [-0.1, -0.05) is 188 Å². The highest BCUT2D eigenvalue weighted by Crippen LogP contribution is 2.43. The van der Waals surface area contributed by atoms with Crippen LogP contribution in [0.5, 0.6) is 0 Å². The number of rotatable bonds is 9. The fourth-order valence-electron chi connectivity index (χ4n) is 11.0. The Bertz CT molecular complexity index is 4440. The summed E-state index contributed by atoms with van der Waals surface area (Å²) in [7, 11) is 0. The molecule has 0 bridgehead atoms. The first-order chi connectivity index (χ1) is 39.6. The van der Waals surface area contributed by atoms with E-state index in [0.29, 0.717) is 74.1 Å². The molecule has 14 rings (SSSR count). The molecule has 4 aromatic heterocycles. The number of fused-ring (bicyclic) bond motifs is 6. The maximum atomic E-state index is 14.8. The minimum absolute atomic E-state index is 0.277. The summed E-state index contributed by atoms with van der Waals surface area (Å²) in [4.78, 5) is 30.2. The summed E-state index contributed by atoms with van der Waals surface area (Å²) in [6.07, 6.45) is -4.63. The van der Waals surface area contributed by atoms with Crippen molar-refractivity contribution in [3.05, 3.63) is 253 Å². The predicted octanol–water partition coefficient (Wildman–Crippen LogP) is 17.1. The summed E-state index contributed by atoms with van der Waals surface area (Å²) in [5.74, 6) is 2.86. The lowest BCUT2D eigenvalue weighted by Gasteiger charge is -2.19. The molecule has 0 aliphatic rings. The fourth-order valence-corrected chi connectivity index (χ4v) is 11.0. The van der Waals surface area contributed by atoms with Crippen molar-refractivity contribution in [2.75, 3.05) is 0 Å². The zero-order valence-corrected chi connectivity index (χ0v) is 43.2. The van der Waals surface area contributed by atoms with E-state index in [1.54, 1.807) is 13.0 Å². The molecule has 0 N–H and O–H groups in total. The highest BCUT2D eigenvalue weighted by molar-refractivity contribution is 6.12. The van der Waals surface area contributed by atoms with E-state index in [1.165, 1.54) is 6.07 Å². The van der Waals surface area contributed by atoms with Crippen LogP contribution in [-0.2, 0) is 6.18 Å². The van der Waals surface area contributed by atoms with E-state index in [2.05, 4.69) is 6.07 Å². The molecule has 0 fully saturated rings. The van der Waals surface area contributed by atoms with Gasteiger partial charge in [-0.05, 0) is 72.1 Å². The van der Waals surface area contributed by atoms with Crippen molar-refractivity contribution in [1.29, 1.82) is 5.26 Å². The molecule has 0 aliphatic carbocycles. The van der Waals surface area contributed by atoms with E-state index in [-0.39, 0.29) is 5.56 Å². The van der Waals surface area contributed by atoms with Crippen molar-refractivity contribution in [3.8, 4) is 96.9 Å². The van der Waals surface area contributed by atoms with E-state index < -0.39 is 11.7 Å². The van der Waals surface area contributed by atoms with Gasteiger partial charge in [0.25, 0.3) is 0 Å². The van der Waals surface area contributed by atoms with Crippen molar-refractivity contribution in [1.82, 2.24) is 39.0 Å². The number of aryl methyl sites for hydroxylation is 1. The third kappa shape index (κ3) is 8.70. The van der Waals surface area contributed by atoms with Crippen LogP contribution in [-0.4, -0.2) is 39.0 Å². The maximum absolute atomic E-state index is 14.8. The fraction of sp³-hybridized carbons (Fsp3) is 0.0290. The van der Waals surface area contributed by atoms with E-state index >= 15 is 0 Å². The summed E-state index contributed by atoms with van der Waals surface area (Å²) in [6.45, 7) is 1.66. The van der Waals surface area contributed by atoms with Gasteiger partial charge in [-0.25, -0.2) is 29.9 Å². The number of nitrogens with zero attached hydrogens (tertiary/aromatic N) is 9. The van der Waals surface area contributed by atoms with Gasteiger partial charge in [0.05, 0.1) is 39.0 Å². The molecule has 10 aromatic carbocycles. The molecule has 0 saturated carbocycles. The zero-order valence-electron chi connectivity index (χ0n) is 43.2. The summed E-state index contributed by atoms with van der Waals surface area (Å²) in [6, 6.07) is 77.4. The van der Waals surface area contributed by atoms with Crippen LogP contribution >= 0.6 is 0 Å². The molecule has 81 heavy (non-hydrogen) atoms. The van der Waals surface area contributed by atoms with Gasteiger partial charge in [0.2, 0.25) is 0 Å². The lowest BCUT2D eigenvalue weighted by atomic mass is 9.96. The maximum Gasteiger partial charge on any atom is 0.416 e. The molecule has 9 nitrogen and oxygen atoms in total. The van der Waals surface area contributed by atoms with Gasteiger partial charge in [0, 0.05) is 54.9 Å². The topological polar surface area (TPSA) is 111 Å². The average Bonchev–Trinajstić information content (AvgIpc) is 4.13. The van der Waals surface area contributed by atoms with Gasteiger partial charge in [-0.15, -0.1) is 0 Å². The number of nitriles is 1. The molecule has 0 amide bonds. The van der Waals surface area contributed by atoms with Crippen LogP contribution < -0.4 is 0 Å². The van der Waals surface area contributed by atoms with Crippen LogP contribution in [0.1, 0.15) is 16.7 Å². The number of hydrogen-bond acceptors (Lipinski definition) is 7. The molecular formula is C69H42F3N9. The molecule has 0 aliphatic heterocycles. The van der Waals surface area contributed by atoms with Gasteiger partial charge in [-0.2, -0.15) is 18.4 Å².